The molecule has 0 aliphatic carbocycles. The molecule has 1 aromatic carbocycles. The molecule has 1 fully saturated rings. The van der Waals surface area contributed by atoms with E-state index in [1.54, 1.807) is 11.8 Å². The highest BCUT2D eigenvalue weighted by molar-refractivity contribution is 7.99. The Hall–Kier alpha value is -1.24. The highest BCUT2D eigenvalue weighted by Gasteiger charge is 2.23. The minimum Gasteiger partial charge on any atom is -0.480 e. The molecule has 0 bridgehead atoms. The lowest BCUT2D eigenvalue weighted by Crippen LogP contribution is -2.44. The van der Waals surface area contributed by atoms with Gasteiger partial charge in [0, 0.05) is 30.4 Å². The number of rotatable bonds is 8. The molecule has 0 saturated carbocycles. The molecule has 0 spiro atoms. The summed E-state index contributed by atoms with van der Waals surface area (Å²) in [5, 5.41) is 12.3. The normalized spacial score (nSPS) is 17.7. The van der Waals surface area contributed by atoms with Crippen LogP contribution in [-0.2, 0) is 15.3 Å². The Kier molecular flexibility index (Phi) is 7.88. The van der Waals surface area contributed by atoms with Gasteiger partial charge in [-0.25, -0.2) is 0 Å². The van der Waals surface area contributed by atoms with Crippen molar-refractivity contribution in [3.63, 3.8) is 0 Å². The van der Waals surface area contributed by atoms with E-state index in [2.05, 4.69) is 5.32 Å². The number of aliphatic carboxylic acids is 1. The number of carboxylic acids is 1. The van der Waals surface area contributed by atoms with Gasteiger partial charge in [-0.2, -0.15) is 0 Å². The summed E-state index contributed by atoms with van der Waals surface area (Å²) in [6.07, 6.45) is 2.01. The zero-order valence-corrected chi connectivity index (χ0v) is 15.1. The van der Waals surface area contributed by atoms with Crippen LogP contribution >= 0.6 is 23.4 Å². The zero-order chi connectivity index (χ0) is 17.4. The number of benzene rings is 1. The second-order valence-electron chi connectivity index (χ2n) is 6.00. The van der Waals surface area contributed by atoms with E-state index in [-0.39, 0.29) is 12.5 Å². The first-order valence-electron chi connectivity index (χ1n) is 8.07. The van der Waals surface area contributed by atoms with Gasteiger partial charge in [-0.3, -0.25) is 9.59 Å². The molecule has 1 aliphatic rings. The third-order valence-electron chi connectivity index (χ3n) is 3.96. The Bertz CT molecular complexity index is 571. The molecule has 2 N–H and O–H groups in total. The summed E-state index contributed by atoms with van der Waals surface area (Å²) in [6.45, 7) is 2.13. The second kappa shape index (κ2) is 9.91. The van der Waals surface area contributed by atoms with E-state index < -0.39 is 5.97 Å². The Morgan fingerprint density at radius 3 is 3.00 bits per heavy atom. The topological polar surface area (TPSA) is 69.6 Å². The average molecular weight is 371 g/mol. The van der Waals surface area contributed by atoms with Gasteiger partial charge in [0.1, 0.15) is 0 Å². The van der Waals surface area contributed by atoms with Crippen LogP contribution in [0.1, 0.15) is 18.4 Å². The molecule has 1 atom stereocenters. The molecular weight excluding hydrogens is 348 g/mol. The maximum atomic E-state index is 12.3. The molecule has 1 aromatic rings. The first-order valence-corrected chi connectivity index (χ1v) is 9.60. The number of likely N-dealkylation sites (tertiary alicyclic amines) is 1. The number of amides is 1. The Morgan fingerprint density at radius 2 is 2.25 bits per heavy atom. The predicted octanol–water partition coefficient (Wildman–Crippen LogP) is 2.49. The van der Waals surface area contributed by atoms with Gasteiger partial charge in [-0.1, -0.05) is 23.7 Å². The van der Waals surface area contributed by atoms with Crippen LogP contribution in [0.5, 0.6) is 0 Å². The smallest absolute Gasteiger partial charge is 0.317 e. The summed E-state index contributed by atoms with van der Waals surface area (Å²) in [7, 11) is 0. The summed E-state index contributed by atoms with van der Waals surface area (Å²) in [4.78, 5) is 24.8. The number of hydrogen-bond donors (Lipinski definition) is 2. The van der Waals surface area contributed by atoms with Crippen LogP contribution in [0.2, 0.25) is 5.02 Å². The second-order valence-corrected chi connectivity index (χ2v) is 7.42. The molecule has 1 aliphatic heterocycles. The maximum Gasteiger partial charge on any atom is 0.317 e. The fourth-order valence-corrected chi connectivity index (χ4v) is 3.90. The molecule has 2 rings (SSSR count). The lowest BCUT2D eigenvalue weighted by atomic mass is 9.98. The molecule has 1 unspecified atom stereocenters. The van der Waals surface area contributed by atoms with Crippen LogP contribution in [0.3, 0.4) is 0 Å². The lowest BCUT2D eigenvalue weighted by molar-refractivity contribution is -0.136. The van der Waals surface area contributed by atoms with E-state index in [1.807, 2.05) is 29.2 Å². The van der Waals surface area contributed by atoms with Crippen LogP contribution in [0, 0.1) is 5.92 Å². The standard InChI is InChI=1S/C17H23ClN2O3S/c18-15-5-1-3-13(7-15)11-24-12-16(21)20-6-2-4-14(10-20)8-19-9-17(22)23/h1,3,5,7,14,19H,2,4,6,8-12H2,(H,22,23). The summed E-state index contributed by atoms with van der Waals surface area (Å²) >= 11 is 7.55. The largest absolute Gasteiger partial charge is 0.480 e. The van der Waals surface area contributed by atoms with E-state index in [4.69, 9.17) is 16.7 Å². The Labute approximate surface area is 151 Å². The SMILES string of the molecule is O=C(O)CNCC1CCCN(C(=O)CSCc2cccc(Cl)c2)C1. The van der Waals surface area contributed by atoms with Crippen molar-refractivity contribution >= 4 is 35.2 Å². The number of nitrogens with one attached hydrogen (secondary N) is 1. The highest BCUT2D eigenvalue weighted by Crippen LogP contribution is 2.19. The van der Waals surface area contributed by atoms with Gasteiger partial charge in [0.25, 0.3) is 0 Å². The first kappa shape index (κ1) is 19.1. The van der Waals surface area contributed by atoms with Crippen molar-refractivity contribution in [2.45, 2.75) is 18.6 Å². The molecule has 5 nitrogen and oxygen atoms in total. The van der Waals surface area contributed by atoms with Crippen LogP contribution < -0.4 is 5.32 Å². The zero-order valence-electron chi connectivity index (χ0n) is 13.5. The van der Waals surface area contributed by atoms with Crippen molar-refractivity contribution < 1.29 is 14.7 Å². The Balaban J connectivity index is 1.70. The number of carbonyl (C=O) groups is 2. The van der Waals surface area contributed by atoms with Crippen LogP contribution in [-0.4, -0.2) is 53.8 Å². The average Bonchev–Trinajstić information content (AvgIpc) is 2.55. The first-order chi connectivity index (χ1) is 11.5. The van der Waals surface area contributed by atoms with Gasteiger partial charge in [-0.05, 0) is 36.5 Å². The number of piperidine rings is 1. The van der Waals surface area contributed by atoms with E-state index >= 15 is 0 Å². The lowest BCUT2D eigenvalue weighted by Gasteiger charge is -2.33. The van der Waals surface area contributed by atoms with Crippen molar-refractivity contribution in [3.8, 4) is 0 Å². The van der Waals surface area contributed by atoms with Crippen molar-refractivity contribution in [3.05, 3.63) is 34.9 Å². The molecule has 1 heterocycles. The van der Waals surface area contributed by atoms with Crippen LogP contribution in [0.25, 0.3) is 0 Å². The van der Waals surface area contributed by atoms with Gasteiger partial charge in [0.2, 0.25) is 5.91 Å². The number of halogens is 1. The molecule has 0 aromatic heterocycles. The molecule has 1 saturated heterocycles. The van der Waals surface area contributed by atoms with Crippen molar-refractivity contribution in [2.24, 2.45) is 5.92 Å². The van der Waals surface area contributed by atoms with Gasteiger partial charge in [0.15, 0.2) is 0 Å². The number of nitrogens with zero attached hydrogens (tertiary/aromatic N) is 1. The quantitative estimate of drug-likeness (QED) is 0.735. The molecule has 1 amide bonds. The monoisotopic (exact) mass is 370 g/mol. The van der Waals surface area contributed by atoms with E-state index in [0.29, 0.717) is 29.8 Å². The van der Waals surface area contributed by atoms with E-state index in [9.17, 15) is 9.59 Å². The van der Waals surface area contributed by atoms with Crippen molar-refractivity contribution in [1.82, 2.24) is 10.2 Å². The summed E-state index contributed by atoms with van der Waals surface area (Å²) in [5.74, 6) is 0.868. The molecule has 24 heavy (non-hydrogen) atoms. The fourth-order valence-electron chi connectivity index (χ4n) is 2.82. The third-order valence-corrected chi connectivity index (χ3v) is 5.19. The minimum atomic E-state index is -0.851. The summed E-state index contributed by atoms with van der Waals surface area (Å²) in [6, 6.07) is 7.69. The van der Waals surface area contributed by atoms with Gasteiger partial charge >= 0.3 is 5.97 Å². The minimum absolute atomic E-state index is 0.0278. The molecule has 7 heteroatoms. The summed E-state index contributed by atoms with van der Waals surface area (Å²) in [5.41, 5.74) is 1.12. The Morgan fingerprint density at radius 1 is 1.42 bits per heavy atom. The predicted molar refractivity (Wildman–Crippen MR) is 97.4 cm³/mol. The van der Waals surface area contributed by atoms with E-state index in [0.717, 1.165) is 30.7 Å². The molecular formula is C17H23ClN2O3S. The van der Waals surface area contributed by atoms with Crippen LogP contribution in [0.4, 0.5) is 0 Å². The number of carbonyl (C=O) groups excluding carboxylic acids is 1. The van der Waals surface area contributed by atoms with Crippen molar-refractivity contribution in [2.75, 3.05) is 31.9 Å². The third kappa shape index (κ3) is 6.71. The van der Waals surface area contributed by atoms with Gasteiger partial charge in [-0.15, -0.1) is 11.8 Å². The van der Waals surface area contributed by atoms with Gasteiger partial charge in [0.05, 0.1) is 12.3 Å². The highest BCUT2D eigenvalue weighted by atomic mass is 35.5. The molecule has 132 valence electrons. The molecule has 0 radical (unpaired) electrons. The number of carboxylic acid groups (broad SMARTS) is 1. The van der Waals surface area contributed by atoms with Crippen LogP contribution in [0.15, 0.2) is 24.3 Å². The number of thioether (sulfide) groups is 1. The van der Waals surface area contributed by atoms with Crippen molar-refractivity contribution in [1.29, 1.82) is 0 Å². The van der Waals surface area contributed by atoms with Gasteiger partial charge < -0.3 is 15.3 Å². The maximum absolute atomic E-state index is 12.3. The number of hydrogen-bond acceptors (Lipinski definition) is 4. The summed E-state index contributed by atoms with van der Waals surface area (Å²) < 4.78 is 0. The van der Waals surface area contributed by atoms with E-state index in [1.165, 1.54) is 0 Å². The fraction of sp³-hybridized carbons (Fsp3) is 0.529.